The first-order valence-electron chi connectivity index (χ1n) is 14.1. The summed E-state index contributed by atoms with van der Waals surface area (Å²) in [6.07, 6.45) is 2.27. The number of ketones is 1. The van der Waals surface area contributed by atoms with Crippen LogP contribution in [0.1, 0.15) is 29.3 Å². The molecule has 1 atom stereocenters. The molecule has 11 nitrogen and oxygen atoms in total. The second kappa shape index (κ2) is 16.1. The molecule has 11 heteroatoms. The van der Waals surface area contributed by atoms with Crippen LogP contribution >= 0.6 is 0 Å². The summed E-state index contributed by atoms with van der Waals surface area (Å²) >= 11 is 0. The molecule has 0 amide bonds. The van der Waals surface area contributed by atoms with Gasteiger partial charge in [0.15, 0.2) is 5.78 Å². The molecule has 0 saturated heterocycles. The van der Waals surface area contributed by atoms with E-state index < -0.39 is 16.9 Å². The molecule has 230 valence electrons. The molecule has 0 aromatic heterocycles. The fourth-order valence-electron chi connectivity index (χ4n) is 4.16. The van der Waals surface area contributed by atoms with Gasteiger partial charge in [-0.3, -0.25) is 14.9 Å². The largest absolute Gasteiger partial charge is 0.493 e. The highest BCUT2D eigenvalue weighted by Crippen LogP contribution is 2.23. The van der Waals surface area contributed by atoms with E-state index in [1.165, 1.54) is 30.3 Å². The van der Waals surface area contributed by atoms with Gasteiger partial charge >= 0.3 is 5.97 Å². The van der Waals surface area contributed by atoms with E-state index in [-0.39, 0.29) is 17.9 Å². The van der Waals surface area contributed by atoms with E-state index in [1.54, 1.807) is 67.6 Å². The molecule has 4 aromatic carbocycles. The number of allylic oxidation sites excluding steroid dienone is 2. The maximum absolute atomic E-state index is 12.4. The van der Waals surface area contributed by atoms with Gasteiger partial charge in [0.25, 0.3) is 5.69 Å². The van der Waals surface area contributed by atoms with E-state index in [2.05, 4.69) is 15.5 Å². The van der Waals surface area contributed by atoms with Gasteiger partial charge in [0.2, 0.25) is 0 Å². The van der Waals surface area contributed by atoms with Crippen molar-refractivity contribution in [3.8, 4) is 11.5 Å². The third-order valence-corrected chi connectivity index (χ3v) is 6.47. The normalized spacial score (nSPS) is 12.0. The summed E-state index contributed by atoms with van der Waals surface area (Å²) in [5, 5.41) is 31.6. The number of non-ortho nitro benzene ring substituents is 1. The molecule has 0 heterocycles. The minimum Gasteiger partial charge on any atom is -0.493 e. The van der Waals surface area contributed by atoms with Crippen molar-refractivity contribution >= 4 is 28.8 Å². The van der Waals surface area contributed by atoms with Gasteiger partial charge in [-0.25, -0.2) is 4.79 Å². The molecule has 0 radical (unpaired) electrons. The van der Waals surface area contributed by atoms with Gasteiger partial charge in [-0.15, -0.1) is 0 Å². The number of hydrogen-bond donors (Lipinski definition) is 2. The zero-order valence-electron chi connectivity index (χ0n) is 24.5. The Labute approximate surface area is 260 Å². The number of carboxylic acids is 1. The van der Waals surface area contributed by atoms with Crippen LogP contribution in [0.15, 0.2) is 125 Å². The summed E-state index contributed by atoms with van der Waals surface area (Å²) in [4.78, 5) is 34.5. The highest BCUT2D eigenvalue weighted by atomic mass is 16.6. The molecular weight excluding hydrogens is 576 g/mol. The highest BCUT2D eigenvalue weighted by molar-refractivity contribution is 6.04. The molecule has 4 rings (SSSR count). The van der Waals surface area contributed by atoms with Crippen molar-refractivity contribution < 1.29 is 29.1 Å². The van der Waals surface area contributed by atoms with Gasteiger partial charge in [-0.1, -0.05) is 42.5 Å². The number of carboxylic acid groups (broad SMARTS) is 1. The summed E-state index contributed by atoms with van der Waals surface area (Å²) in [6, 6.07) is 28.0. The average Bonchev–Trinajstić information content (AvgIpc) is 3.05. The van der Waals surface area contributed by atoms with Crippen molar-refractivity contribution in [1.82, 2.24) is 5.32 Å². The number of ether oxygens (including phenoxy) is 2. The molecular formula is C34H32N4O7. The van der Waals surface area contributed by atoms with Crippen LogP contribution in [-0.4, -0.2) is 41.0 Å². The van der Waals surface area contributed by atoms with E-state index in [4.69, 9.17) is 9.47 Å². The average molecular weight is 609 g/mol. The van der Waals surface area contributed by atoms with Crippen molar-refractivity contribution in [3.05, 3.63) is 136 Å². The van der Waals surface area contributed by atoms with Gasteiger partial charge in [0.05, 0.1) is 29.5 Å². The Morgan fingerprint density at radius 3 is 1.91 bits per heavy atom. The Morgan fingerprint density at radius 2 is 1.38 bits per heavy atom. The van der Waals surface area contributed by atoms with Gasteiger partial charge < -0.3 is 19.9 Å². The molecule has 4 aromatic rings. The quantitative estimate of drug-likeness (QED) is 0.0337. The maximum atomic E-state index is 12.4. The Bertz CT molecular complexity index is 1640. The second-order valence-corrected chi connectivity index (χ2v) is 9.96. The Kier molecular flexibility index (Phi) is 11.5. The van der Waals surface area contributed by atoms with Crippen LogP contribution < -0.4 is 14.8 Å². The Balaban J connectivity index is 1.17. The van der Waals surface area contributed by atoms with E-state index in [1.807, 2.05) is 18.2 Å². The molecule has 2 N–H and O–H groups in total. The molecule has 0 saturated carbocycles. The number of benzene rings is 4. The van der Waals surface area contributed by atoms with Crippen LogP contribution in [0.4, 0.5) is 17.1 Å². The van der Waals surface area contributed by atoms with Gasteiger partial charge in [-0.2, -0.15) is 10.2 Å². The summed E-state index contributed by atoms with van der Waals surface area (Å²) in [5.74, 6) is 0.114. The Morgan fingerprint density at radius 1 is 0.844 bits per heavy atom. The first kappa shape index (κ1) is 32.1. The number of hydrogen-bond acceptors (Lipinski definition) is 9. The van der Waals surface area contributed by atoms with Crippen LogP contribution in [0.25, 0.3) is 0 Å². The van der Waals surface area contributed by atoms with Crippen LogP contribution in [0, 0.1) is 10.1 Å². The third kappa shape index (κ3) is 10.4. The third-order valence-electron chi connectivity index (χ3n) is 6.47. The monoisotopic (exact) mass is 608 g/mol. The molecule has 0 spiro atoms. The number of nitro groups is 1. The minimum absolute atomic E-state index is 0.00631. The van der Waals surface area contributed by atoms with E-state index >= 15 is 0 Å². The lowest BCUT2D eigenvalue weighted by atomic mass is 10.1. The number of azo groups is 1. The summed E-state index contributed by atoms with van der Waals surface area (Å²) in [6.45, 7) is 2.54. The van der Waals surface area contributed by atoms with Crippen LogP contribution in [-0.2, 0) is 11.2 Å². The summed E-state index contributed by atoms with van der Waals surface area (Å²) < 4.78 is 11.6. The van der Waals surface area contributed by atoms with E-state index in [0.717, 1.165) is 5.56 Å². The predicted molar refractivity (Wildman–Crippen MR) is 169 cm³/mol. The Hall–Kier alpha value is -5.84. The standard InChI is InChI=1S/C34H32N4O7/c1-24(22-33(39)26-6-3-2-4-7-26)35-32(34(40)41)23-25-8-16-30(17-9-25)44-20-5-21-45-31-18-12-28(13-19-31)37-36-27-10-14-29(15-11-27)38(42)43/h2-4,6-19,22,32,35H,5,20-21,23H2,1H3,(H,40,41)/b24-22+,37-36?. The minimum atomic E-state index is -1.02. The number of rotatable bonds is 16. The lowest BCUT2D eigenvalue weighted by Crippen LogP contribution is -2.37. The molecule has 1 unspecified atom stereocenters. The molecule has 0 aliphatic rings. The van der Waals surface area contributed by atoms with Crippen molar-refractivity contribution in [2.75, 3.05) is 13.2 Å². The second-order valence-electron chi connectivity index (χ2n) is 9.96. The number of carbonyl (C=O) groups is 2. The molecule has 0 aliphatic carbocycles. The lowest BCUT2D eigenvalue weighted by molar-refractivity contribution is -0.384. The topological polar surface area (TPSA) is 153 Å². The van der Waals surface area contributed by atoms with Crippen LogP contribution in [0.3, 0.4) is 0 Å². The summed E-state index contributed by atoms with van der Waals surface area (Å²) in [7, 11) is 0. The molecule has 0 aliphatic heterocycles. The number of aliphatic carboxylic acids is 1. The van der Waals surface area contributed by atoms with E-state index in [0.29, 0.717) is 53.8 Å². The zero-order valence-corrected chi connectivity index (χ0v) is 24.5. The fraction of sp³-hybridized carbons (Fsp3) is 0.176. The predicted octanol–water partition coefficient (Wildman–Crippen LogP) is 7.23. The SMILES string of the molecule is C/C(=C\C(=O)c1ccccc1)NC(Cc1ccc(OCCCOc2ccc(N=Nc3ccc([N+](=O)[O-])cc3)cc2)cc1)C(=O)O. The van der Waals surface area contributed by atoms with Gasteiger partial charge in [0.1, 0.15) is 17.5 Å². The van der Waals surface area contributed by atoms with E-state index in [9.17, 15) is 24.8 Å². The number of carbonyl (C=O) groups excluding carboxylic acids is 1. The van der Waals surface area contributed by atoms with Crippen molar-refractivity contribution in [2.45, 2.75) is 25.8 Å². The first-order chi connectivity index (χ1) is 21.8. The molecule has 0 bridgehead atoms. The molecule has 0 fully saturated rings. The lowest BCUT2D eigenvalue weighted by Gasteiger charge is -2.16. The van der Waals surface area contributed by atoms with Crippen LogP contribution in [0.2, 0.25) is 0 Å². The first-order valence-corrected chi connectivity index (χ1v) is 14.1. The van der Waals surface area contributed by atoms with Crippen LogP contribution in [0.5, 0.6) is 11.5 Å². The number of nitrogens with one attached hydrogen (secondary N) is 1. The number of nitro benzene ring substituents is 1. The fourth-order valence-corrected chi connectivity index (χ4v) is 4.16. The zero-order chi connectivity index (χ0) is 32.0. The highest BCUT2D eigenvalue weighted by Gasteiger charge is 2.18. The molecule has 45 heavy (non-hydrogen) atoms. The number of nitrogens with zero attached hydrogens (tertiary/aromatic N) is 3. The summed E-state index contributed by atoms with van der Waals surface area (Å²) in [5.41, 5.74) is 2.93. The smallest absolute Gasteiger partial charge is 0.326 e. The maximum Gasteiger partial charge on any atom is 0.326 e. The van der Waals surface area contributed by atoms with Gasteiger partial charge in [0, 0.05) is 42.3 Å². The van der Waals surface area contributed by atoms with Crippen molar-refractivity contribution in [3.63, 3.8) is 0 Å². The van der Waals surface area contributed by atoms with Gasteiger partial charge in [-0.05, 0) is 61.0 Å². The van der Waals surface area contributed by atoms with Crippen molar-refractivity contribution in [1.29, 1.82) is 0 Å². The van der Waals surface area contributed by atoms with Crippen molar-refractivity contribution in [2.24, 2.45) is 10.2 Å².